The fraction of sp³-hybridized carbons (Fsp3) is 0.885. The van der Waals surface area contributed by atoms with Crippen LogP contribution in [-0.2, 0) is 14.3 Å². The molecule has 0 heterocycles. The second-order valence-electron chi connectivity index (χ2n) is 17.5. The zero-order chi connectivity index (χ0) is 42.3. The Morgan fingerprint density at radius 1 is 0.466 bits per heavy atom. The highest BCUT2D eigenvalue weighted by Crippen LogP contribution is 2.15. The lowest BCUT2D eigenvalue weighted by molar-refractivity contribution is -0.143. The Bertz CT molecular complexity index is 904. The van der Waals surface area contributed by atoms with Gasteiger partial charge < -0.3 is 20.3 Å². The molecule has 1 amide bonds. The van der Waals surface area contributed by atoms with E-state index in [4.69, 9.17) is 4.74 Å². The molecule has 6 nitrogen and oxygen atoms in total. The fourth-order valence-electron chi connectivity index (χ4n) is 7.74. The van der Waals surface area contributed by atoms with Crippen molar-refractivity contribution in [2.24, 2.45) is 0 Å². The highest BCUT2D eigenvalue weighted by atomic mass is 16.5. The Balaban J connectivity index is 3.46. The molecule has 0 aliphatic rings. The molecule has 0 aromatic heterocycles. The molecule has 3 N–H and O–H groups in total. The summed E-state index contributed by atoms with van der Waals surface area (Å²) in [6, 6.07) is -0.632. The second-order valence-corrected chi connectivity index (χ2v) is 17.5. The lowest BCUT2D eigenvalue weighted by Crippen LogP contribution is -2.45. The van der Waals surface area contributed by atoms with Crippen LogP contribution < -0.4 is 5.32 Å². The third kappa shape index (κ3) is 43.9. The summed E-state index contributed by atoms with van der Waals surface area (Å²) in [5.74, 6) is -0.0768. The van der Waals surface area contributed by atoms with Crippen molar-refractivity contribution < 1.29 is 24.5 Å². The van der Waals surface area contributed by atoms with Crippen LogP contribution in [0.25, 0.3) is 0 Å². The van der Waals surface area contributed by atoms with Crippen LogP contribution in [0.4, 0.5) is 0 Å². The molecule has 0 aliphatic carbocycles. The maximum absolute atomic E-state index is 12.4. The van der Waals surface area contributed by atoms with Crippen molar-refractivity contribution in [3.05, 3.63) is 24.3 Å². The Morgan fingerprint density at radius 2 is 0.810 bits per heavy atom. The molecule has 0 aliphatic heterocycles. The lowest BCUT2D eigenvalue weighted by Gasteiger charge is -2.20. The number of ether oxygens (including phenoxy) is 1. The van der Waals surface area contributed by atoms with E-state index in [0.29, 0.717) is 19.4 Å². The fourth-order valence-corrected chi connectivity index (χ4v) is 7.74. The number of esters is 1. The predicted octanol–water partition coefficient (Wildman–Crippen LogP) is 15.1. The van der Waals surface area contributed by atoms with Gasteiger partial charge in [-0.15, -0.1) is 0 Å². The molecular weight excluding hydrogens is 719 g/mol. The highest BCUT2D eigenvalue weighted by Gasteiger charge is 2.18. The van der Waals surface area contributed by atoms with Crippen LogP contribution in [0.3, 0.4) is 0 Å². The summed E-state index contributed by atoms with van der Waals surface area (Å²) in [6.45, 7) is 4.87. The molecule has 0 aromatic carbocycles. The van der Waals surface area contributed by atoms with E-state index in [2.05, 4.69) is 31.3 Å². The zero-order valence-electron chi connectivity index (χ0n) is 38.8. The molecule has 58 heavy (non-hydrogen) atoms. The summed E-state index contributed by atoms with van der Waals surface area (Å²) in [5, 5.41) is 23.0. The third-order valence-electron chi connectivity index (χ3n) is 11.7. The quantitative estimate of drug-likeness (QED) is 0.0323. The van der Waals surface area contributed by atoms with Crippen LogP contribution in [0, 0.1) is 0 Å². The normalized spacial score (nSPS) is 12.8. The van der Waals surface area contributed by atoms with Gasteiger partial charge in [0.2, 0.25) is 5.91 Å². The number of unbranched alkanes of at least 4 members (excludes halogenated alkanes) is 34. The van der Waals surface area contributed by atoms with Crippen LogP contribution in [0.2, 0.25) is 0 Å². The van der Waals surface area contributed by atoms with Gasteiger partial charge in [0.15, 0.2) is 0 Å². The van der Waals surface area contributed by atoms with Gasteiger partial charge in [0.05, 0.1) is 25.4 Å². The molecule has 0 fully saturated rings. The van der Waals surface area contributed by atoms with Gasteiger partial charge in [-0.05, 0) is 57.8 Å². The molecule has 0 rings (SSSR count). The van der Waals surface area contributed by atoms with E-state index < -0.39 is 12.1 Å². The van der Waals surface area contributed by atoms with E-state index in [1.807, 2.05) is 6.08 Å². The smallest absolute Gasteiger partial charge is 0.305 e. The number of amides is 1. The predicted molar refractivity (Wildman–Crippen MR) is 250 cm³/mol. The number of hydrogen-bond acceptors (Lipinski definition) is 5. The zero-order valence-corrected chi connectivity index (χ0v) is 38.8. The Kier molecular flexibility index (Phi) is 46.6. The summed E-state index contributed by atoms with van der Waals surface area (Å²) in [7, 11) is 0. The van der Waals surface area contributed by atoms with Crippen molar-refractivity contribution in [2.45, 2.75) is 283 Å². The van der Waals surface area contributed by atoms with Crippen LogP contribution in [-0.4, -0.2) is 47.4 Å². The van der Waals surface area contributed by atoms with Gasteiger partial charge >= 0.3 is 5.97 Å². The summed E-state index contributed by atoms with van der Waals surface area (Å²) in [4.78, 5) is 24.4. The van der Waals surface area contributed by atoms with Crippen molar-refractivity contribution in [2.75, 3.05) is 13.2 Å². The van der Waals surface area contributed by atoms with Crippen LogP contribution in [0.15, 0.2) is 24.3 Å². The van der Waals surface area contributed by atoms with Gasteiger partial charge in [0.1, 0.15) is 0 Å². The molecule has 2 unspecified atom stereocenters. The van der Waals surface area contributed by atoms with E-state index in [9.17, 15) is 19.8 Å². The molecule has 0 spiro atoms. The van der Waals surface area contributed by atoms with E-state index >= 15 is 0 Å². The number of carbonyl (C=O) groups is 2. The molecule has 2 atom stereocenters. The average molecular weight is 818 g/mol. The Labute approximate surface area is 361 Å². The van der Waals surface area contributed by atoms with E-state index in [-0.39, 0.29) is 18.5 Å². The van der Waals surface area contributed by atoms with Gasteiger partial charge in [-0.2, -0.15) is 0 Å². The SMILES string of the molecule is CCCCCCCCCCC/C=C/C(O)C(CO)NC(=O)CCCCCCCCC/C=C\CCCCCCCCCCOC(=O)CCCCCCCCCCCCC. The molecule has 0 saturated carbocycles. The number of hydrogen-bond donors (Lipinski definition) is 3. The maximum Gasteiger partial charge on any atom is 0.305 e. The average Bonchev–Trinajstić information content (AvgIpc) is 3.22. The van der Waals surface area contributed by atoms with E-state index in [1.54, 1.807) is 6.08 Å². The van der Waals surface area contributed by atoms with Crippen molar-refractivity contribution in [3.8, 4) is 0 Å². The number of carbonyl (C=O) groups excluding carboxylic acids is 2. The first kappa shape index (κ1) is 56.3. The largest absolute Gasteiger partial charge is 0.466 e. The maximum atomic E-state index is 12.4. The second kappa shape index (κ2) is 48.0. The van der Waals surface area contributed by atoms with Crippen molar-refractivity contribution in [1.29, 1.82) is 0 Å². The summed E-state index contributed by atoms with van der Waals surface area (Å²) in [6.07, 6.45) is 56.1. The molecule has 6 heteroatoms. The molecular formula is C52H99NO5. The lowest BCUT2D eigenvalue weighted by atomic mass is 10.1. The minimum Gasteiger partial charge on any atom is -0.466 e. The Morgan fingerprint density at radius 3 is 1.22 bits per heavy atom. The first-order chi connectivity index (χ1) is 28.5. The van der Waals surface area contributed by atoms with Gasteiger partial charge in [0, 0.05) is 12.8 Å². The summed E-state index contributed by atoms with van der Waals surface area (Å²) in [5.41, 5.74) is 0. The minimum atomic E-state index is -0.848. The van der Waals surface area contributed by atoms with Crippen molar-refractivity contribution in [3.63, 3.8) is 0 Å². The minimum absolute atomic E-state index is 0.00233. The first-order valence-electron chi connectivity index (χ1n) is 25.6. The molecule has 0 aromatic rings. The Hall–Kier alpha value is -1.66. The summed E-state index contributed by atoms with van der Waals surface area (Å²) < 4.78 is 5.45. The van der Waals surface area contributed by atoms with Gasteiger partial charge in [-0.3, -0.25) is 9.59 Å². The van der Waals surface area contributed by atoms with Crippen LogP contribution in [0.5, 0.6) is 0 Å². The standard InChI is InChI=1S/C52H99NO5/c1-3-5-7-9-11-13-24-28-32-36-40-44-50(55)49(48-54)53-51(56)45-41-37-33-29-26-22-20-18-16-15-17-19-21-23-27-31-35-39-43-47-58-52(57)46-42-38-34-30-25-14-12-10-8-6-4-2/h15-16,40,44,49-50,54-55H,3-14,17-39,41-43,45-48H2,1-2H3,(H,53,56)/b16-15-,44-40+. The van der Waals surface area contributed by atoms with Crippen LogP contribution in [0.1, 0.15) is 271 Å². The molecule has 0 radical (unpaired) electrons. The number of aliphatic hydroxyl groups is 2. The van der Waals surface area contributed by atoms with Gasteiger partial charge in [-0.1, -0.05) is 224 Å². The van der Waals surface area contributed by atoms with Crippen molar-refractivity contribution in [1.82, 2.24) is 5.32 Å². The van der Waals surface area contributed by atoms with Crippen LogP contribution >= 0.6 is 0 Å². The van der Waals surface area contributed by atoms with E-state index in [0.717, 1.165) is 51.4 Å². The molecule has 342 valence electrons. The number of aliphatic hydroxyl groups excluding tert-OH is 2. The topological polar surface area (TPSA) is 95.9 Å². The van der Waals surface area contributed by atoms with Gasteiger partial charge in [0.25, 0.3) is 0 Å². The number of nitrogens with one attached hydrogen (secondary N) is 1. The highest BCUT2D eigenvalue weighted by molar-refractivity contribution is 5.76. The third-order valence-corrected chi connectivity index (χ3v) is 11.7. The first-order valence-corrected chi connectivity index (χ1v) is 25.6. The van der Waals surface area contributed by atoms with E-state index in [1.165, 1.54) is 193 Å². The van der Waals surface area contributed by atoms with Crippen molar-refractivity contribution >= 4 is 11.9 Å². The molecule has 0 saturated heterocycles. The monoisotopic (exact) mass is 818 g/mol. The summed E-state index contributed by atoms with van der Waals surface area (Å²) >= 11 is 0. The number of rotatable bonds is 47. The number of allylic oxidation sites excluding steroid dienone is 3. The molecule has 0 bridgehead atoms. The van der Waals surface area contributed by atoms with Gasteiger partial charge in [-0.25, -0.2) is 0 Å².